The van der Waals surface area contributed by atoms with Crippen molar-refractivity contribution in [3.05, 3.63) is 24.3 Å². The quantitative estimate of drug-likeness (QED) is 0.803. The molecule has 8 nitrogen and oxygen atoms in total. The zero-order valence-electron chi connectivity index (χ0n) is 16.7. The van der Waals surface area contributed by atoms with Gasteiger partial charge in [0.2, 0.25) is 11.8 Å². The van der Waals surface area contributed by atoms with Gasteiger partial charge in [-0.15, -0.1) is 0 Å². The predicted octanol–water partition coefficient (Wildman–Crippen LogP) is 1.39. The minimum atomic E-state index is -4.04. The van der Waals surface area contributed by atoms with Crippen LogP contribution in [0.5, 0.6) is 0 Å². The van der Waals surface area contributed by atoms with Crippen molar-refractivity contribution in [1.82, 2.24) is 10.6 Å². The predicted molar refractivity (Wildman–Crippen MR) is 106 cm³/mol. The monoisotopic (exact) mass is 396 g/mol. The van der Waals surface area contributed by atoms with Crippen LogP contribution in [0.15, 0.2) is 24.3 Å². The lowest BCUT2D eigenvalue weighted by Crippen LogP contribution is -2.50. The number of hydrogen-bond donors (Lipinski definition) is 2. The van der Waals surface area contributed by atoms with Crippen LogP contribution in [0.1, 0.15) is 41.5 Å². The Labute approximate surface area is 161 Å². The molecular formula is C18H28N4O4S. The van der Waals surface area contributed by atoms with Gasteiger partial charge in [-0.05, 0) is 53.7 Å². The maximum Gasteiger partial charge on any atom is 0.327 e. The number of hydrogen-bond acceptors (Lipinski definition) is 4. The highest BCUT2D eigenvalue weighted by atomic mass is 32.2. The lowest BCUT2D eigenvalue weighted by atomic mass is 10.1. The molecule has 0 spiro atoms. The Bertz CT molecular complexity index is 775. The van der Waals surface area contributed by atoms with Gasteiger partial charge in [0.15, 0.2) is 0 Å². The van der Waals surface area contributed by atoms with E-state index in [9.17, 15) is 18.0 Å². The van der Waals surface area contributed by atoms with Crippen LogP contribution < -0.4 is 19.2 Å². The molecule has 0 radical (unpaired) electrons. The highest BCUT2D eigenvalue weighted by molar-refractivity contribution is 7.94. The number of fused-ring (bicyclic) bond motifs is 1. The number of amides is 2. The van der Waals surface area contributed by atoms with Crippen LogP contribution in [-0.2, 0) is 19.8 Å². The number of carbonyl (C=O) groups excluding carboxylic acids is 2. The minimum Gasteiger partial charge on any atom is -0.350 e. The van der Waals surface area contributed by atoms with E-state index in [1.54, 1.807) is 24.3 Å². The molecule has 0 aliphatic carbocycles. The zero-order chi connectivity index (χ0) is 20.6. The molecule has 0 aromatic heterocycles. The molecule has 27 heavy (non-hydrogen) atoms. The topological polar surface area (TPSA) is 98.8 Å². The Kier molecular flexibility index (Phi) is 5.47. The maximum absolute atomic E-state index is 13.0. The third kappa shape index (κ3) is 5.12. The number of rotatable bonds is 4. The average Bonchev–Trinajstić information content (AvgIpc) is 2.65. The van der Waals surface area contributed by atoms with E-state index < -0.39 is 33.1 Å². The molecule has 1 aliphatic heterocycles. The molecule has 1 aromatic rings. The summed E-state index contributed by atoms with van der Waals surface area (Å²) in [6, 6.07) is 6.64. The van der Waals surface area contributed by atoms with Crippen LogP contribution in [-0.4, -0.2) is 44.4 Å². The summed E-state index contributed by atoms with van der Waals surface area (Å²) in [4.78, 5) is 24.6. The summed E-state index contributed by atoms with van der Waals surface area (Å²) in [5.74, 6) is -0.830. The molecule has 0 unspecified atom stereocenters. The van der Waals surface area contributed by atoms with Crippen molar-refractivity contribution >= 4 is 33.4 Å². The summed E-state index contributed by atoms with van der Waals surface area (Å²) in [5.41, 5.74) is -0.200. The van der Waals surface area contributed by atoms with Crippen molar-refractivity contribution in [2.24, 2.45) is 0 Å². The van der Waals surface area contributed by atoms with Gasteiger partial charge >= 0.3 is 10.2 Å². The van der Waals surface area contributed by atoms with Gasteiger partial charge in [-0.1, -0.05) is 12.1 Å². The first-order valence-corrected chi connectivity index (χ1v) is 10.1. The summed E-state index contributed by atoms with van der Waals surface area (Å²) in [5, 5.41) is 5.52. The Morgan fingerprint density at radius 3 is 1.44 bits per heavy atom. The van der Waals surface area contributed by atoms with E-state index in [1.807, 2.05) is 41.5 Å². The van der Waals surface area contributed by atoms with E-state index in [-0.39, 0.29) is 13.1 Å². The zero-order valence-corrected chi connectivity index (χ0v) is 17.5. The summed E-state index contributed by atoms with van der Waals surface area (Å²) in [6.45, 7) is 10.2. The van der Waals surface area contributed by atoms with Crippen molar-refractivity contribution in [3.63, 3.8) is 0 Å². The van der Waals surface area contributed by atoms with Crippen molar-refractivity contribution < 1.29 is 18.0 Å². The minimum absolute atomic E-state index is 0.353. The molecule has 150 valence electrons. The van der Waals surface area contributed by atoms with Gasteiger partial charge in [0, 0.05) is 11.1 Å². The lowest BCUT2D eigenvalue weighted by Gasteiger charge is -2.25. The van der Waals surface area contributed by atoms with Crippen LogP contribution in [0.25, 0.3) is 0 Å². The molecule has 1 aromatic carbocycles. The summed E-state index contributed by atoms with van der Waals surface area (Å²) < 4.78 is 28.2. The Morgan fingerprint density at radius 1 is 0.815 bits per heavy atom. The Hall–Kier alpha value is -2.29. The number of benzene rings is 1. The van der Waals surface area contributed by atoms with Gasteiger partial charge in [-0.25, -0.2) is 8.61 Å². The highest BCUT2D eigenvalue weighted by Gasteiger charge is 2.42. The van der Waals surface area contributed by atoms with E-state index in [0.717, 1.165) is 8.61 Å². The molecule has 2 N–H and O–H groups in total. The third-order valence-corrected chi connectivity index (χ3v) is 5.35. The Morgan fingerprint density at radius 2 is 1.15 bits per heavy atom. The first-order valence-electron chi connectivity index (χ1n) is 8.72. The van der Waals surface area contributed by atoms with Crippen LogP contribution >= 0.6 is 0 Å². The van der Waals surface area contributed by atoms with E-state index in [2.05, 4.69) is 10.6 Å². The molecule has 2 amide bonds. The van der Waals surface area contributed by atoms with E-state index >= 15 is 0 Å². The number of carbonyl (C=O) groups is 2. The fraction of sp³-hybridized carbons (Fsp3) is 0.556. The number of nitrogens with one attached hydrogen (secondary N) is 2. The van der Waals surface area contributed by atoms with Crippen molar-refractivity contribution in [2.75, 3.05) is 21.7 Å². The fourth-order valence-electron chi connectivity index (χ4n) is 2.76. The molecular weight excluding hydrogens is 368 g/mol. The summed E-state index contributed by atoms with van der Waals surface area (Å²) in [7, 11) is -4.04. The number of para-hydroxylation sites is 2. The molecule has 0 fully saturated rings. The Balaban J connectivity index is 2.31. The normalized spacial score (nSPS) is 16.1. The first-order chi connectivity index (χ1) is 12.2. The molecule has 0 saturated heterocycles. The first kappa shape index (κ1) is 21.0. The van der Waals surface area contributed by atoms with E-state index in [4.69, 9.17) is 0 Å². The van der Waals surface area contributed by atoms with Crippen LogP contribution in [0.3, 0.4) is 0 Å². The maximum atomic E-state index is 13.0. The number of nitrogens with zero attached hydrogens (tertiary/aromatic N) is 2. The summed E-state index contributed by atoms with van der Waals surface area (Å²) in [6.07, 6.45) is 0. The van der Waals surface area contributed by atoms with Gasteiger partial charge in [0.1, 0.15) is 13.1 Å². The van der Waals surface area contributed by atoms with Crippen molar-refractivity contribution in [1.29, 1.82) is 0 Å². The lowest BCUT2D eigenvalue weighted by molar-refractivity contribution is -0.121. The van der Waals surface area contributed by atoms with Gasteiger partial charge in [-0.2, -0.15) is 8.42 Å². The largest absolute Gasteiger partial charge is 0.350 e. The van der Waals surface area contributed by atoms with Gasteiger partial charge in [0.05, 0.1) is 11.4 Å². The highest BCUT2D eigenvalue weighted by Crippen LogP contribution is 2.40. The van der Waals surface area contributed by atoms with Gasteiger partial charge < -0.3 is 10.6 Å². The average molecular weight is 397 g/mol. The SMILES string of the molecule is CC(C)(C)NC(=O)CN1c2ccccc2N(CC(=O)NC(C)(C)C)S1(=O)=O. The van der Waals surface area contributed by atoms with Gasteiger partial charge in [-0.3, -0.25) is 9.59 Å². The van der Waals surface area contributed by atoms with E-state index in [1.165, 1.54) is 0 Å². The molecule has 2 rings (SSSR count). The van der Waals surface area contributed by atoms with Crippen LogP contribution in [0.4, 0.5) is 11.4 Å². The molecule has 0 atom stereocenters. The van der Waals surface area contributed by atoms with Crippen molar-refractivity contribution in [2.45, 2.75) is 52.6 Å². The van der Waals surface area contributed by atoms with Crippen molar-refractivity contribution in [3.8, 4) is 0 Å². The van der Waals surface area contributed by atoms with Gasteiger partial charge in [0.25, 0.3) is 0 Å². The van der Waals surface area contributed by atoms with Crippen LogP contribution in [0, 0.1) is 0 Å². The van der Waals surface area contributed by atoms with E-state index in [0.29, 0.717) is 11.4 Å². The second-order valence-corrected chi connectivity index (χ2v) is 10.4. The standard InChI is InChI=1S/C18H28N4O4S/c1-17(2,3)19-15(23)11-21-13-9-7-8-10-14(13)22(27(21,25)26)12-16(24)20-18(4,5)6/h7-10H,11-12H2,1-6H3,(H,19,23)(H,20,24). The third-order valence-electron chi connectivity index (χ3n) is 3.58. The molecule has 1 heterocycles. The number of anilines is 2. The summed E-state index contributed by atoms with van der Waals surface area (Å²) >= 11 is 0. The van der Waals surface area contributed by atoms with Crippen LogP contribution in [0.2, 0.25) is 0 Å². The smallest absolute Gasteiger partial charge is 0.327 e. The molecule has 1 aliphatic rings. The fourth-order valence-corrected chi connectivity index (χ4v) is 4.37. The second-order valence-electron chi connectivity index (χ2n) is 8.61. The molecule has 9 heteroatoms. The second kappa shape index (κ2) is 7.03. The molecule has 0 bridgehead atoms. The molecule has 0 saturated carbocycles.